The molecule has 198 valence electrons. The molecule has 2 aliphatic heterocycles. The van der Waals surface area contributed by atoms with Crippen molar-refractivity contribution in [3.8, 4) is 0 Å². The van der Waals surface area contributed by atoms with Crippen LogP contribution in [0.3, 0.4) is 0 Å². The molecule has 0 bridgehead atoms. The van der Waals surface area contributed by atoms with Crippen LogP contribution in [0.25, 0.3) is 0 Å². The van der Waals surface area contributed by atoms with Gasteiger partial charge in [-0.3, -0.25) is 19.3 Å². The van der Waals surface area contributed by atoms with Gasteiger partial charge in [0.2, 0.25) is 17.7 Å². The van der Waals surface area contributed by atoms with Gasteiger partial charge in [0.15, 0.2) is 0 Å². The van der Waals surface area contributed by atoms with Crippen molar-refractivity contribution in [3.63, 3.8) is 0 Å². The number of carbonyl (C=O) groups is 4. The summed E-state index contributed by atoms with van der Waals surface area (Å²) in [6.45, 7) is 10.7. The number of amides is 3. The summed E-state index contributed by atoms with van der Waals surface area (Å²) in [7, 11) is 3.64. The molecule has 9 nitrogen and oxygen atoms in total. The Balaban J connectivity index is 2.19. The van der Waals surface area contributed by atoms with Gasteiger partial charge < -0.3 is 20.2 Å². The third-order valence-electron chi connectivity index (χ3n) is 7.34. The minimum absolute atomic E-state index is 0.00791. The zero-order valence-electron chi connectivity index (χ0n) is 22.4. The number of hydrogen-bond donors (Lipinski definition) is 2. The number of nitrogens with zero attached hydrogens (tertiary/aromatic N) is 3. The van der Waals surface area contributed by atoms with Crippen molar-refractivity contribution in [2.45, 2.75) is 90.9 Å². The lowest BCUT2D eigenvalue weighted by atomic mass is 9.96. The lowest BCUT2D eigenvalue weighted by Gasteiger charge is -2.36. The van der Waals surface area contributed by atoms with Crippen LogP contribution in [0.4, 0.5) is 0 Å². The molecule has 0 unspecified atom stereocenters. The molecule has 2 N–H and O–H groups in total. The van der Waals surface area contributed by atoms with Crippen LogP contribution in [-0.4, -0.2) is 94.8 Å². The number of carboxylic acids is 1. The summed E-state index contributed by atoms with van der Waals surface area (Å²) in [6.07, 6.45) is 5.72. The summed E-state index contributed by atoms with van der Waals surface area (Å²) >= 11 is 0. The Kier molecular flexibility index (Phi) is 10.3. The van der Waals surface area contributed by atoms with E-state index in [1.54, 1.807) is 24.9 Å². The summed E-state index contributed by atoms with van der Waals surface area (Å²) in [5.74, 6) is -1.72. The van der Waals surface area contributed by atoms with E-state index < -0.39 is 18.1 Å². The van der Waals surface area contributed by atoms with Crippen LogP contribution in [0, 0.1) is 11.8 Å². The topological polar surface area (TPSA) is 110 Å². The largest absolute Gasteiger partial charge is 0.480 e. The molecule has 0 radical (unpaired) electrons. The standard InChI is InChI=1S/C26H44N4O5/c1-16(2)21(15-18(5)24(32)30-14-10-12-20(30)26(34)35)29(7)25(33)22(17(3)4)27-23(31)19-11-8-9-13-28(19)6/h15-17,19-22H,8-14H2,1-7H3,(H,27,31)(H,34,35)/t19-,20+,21-,22+/m1/s1. The van der Waals surface area contributed by atoms with Gasteiger partial charge in [0.25, 0.3) is 0 Å². The quantitative estimate of drug-likeness (QED) is 0.477. The number of carboxylic acid groups (broad SMARTS) is 1. The first-order valence-corrected chi connectivity index (χ1v) is 12.9. The van der Waals surface area contributed by atoms with Crippen LogP contribution in [-0.2, 0) is 19.2 Å². The van der Waals surface area contributed by atoms with Gasteiger partial charge in [0.05, 0.1) is 12.1 Å². The lowest BCUT2D eigenvalue weighted by Crippen LogP contribution is -2.57. The molecule has 2 rings (SSSR count). The number of piperidine rings is 1. The normalized spacial score (nSPS) is 23.3. The van der Waals surface area contributed by atoms with Crippen molar-refractivity contribution in [2.75, 3.05) is 27.2 Å². The zero-order chi connectivity index (χ0) is 26.4. The fourth-order valence-electron chi connectivity index (χ4n) is 5.11. The number of aliphatic carboxylic acids is 1. The van der Waals surface area contributed by atoms with Crippen LogP contribution in [0.2, 0.25) is 0 Å². The highest BCUT2D eigenvalue weighted by atomic mass is 16.4. The molecule has 4 atom stereocenters. The van der Waals surface area contributed by atoms with Gasteiger partial charge in [0.1, 0.15) is 12.1 Å². The molecule has 0 aliphatic carbocycles. The Labute approximate surface area is 209 Å². The average molecular weight is 493 g/mol. The van der Waals surface area contributed by atoms with Gasteiger partial charge in [-0.05, 0) is 58.0 Å². The molecule has 9 heteroatoms. The molecule has 3 amide bonds. The van der Waals surface area contributed by atoms with E-state index in [-0.39, 0.29) is 41.6 Å². The maximum absolute atomic E-state index is 13.6. The second kappa shape index (κ2) is 12.5. The fraction of sp³-hybridized carbons (Fsp3) is 0.769. The number of hydrogen-bond acceptors (Lipinski definition) is 5. The van der Waals surface area contributed by atoms with E-state index in [1.165, 1.54) is 4.90 Å². The van der Waals surface area contributed by atoms with Crippen LogP contribution >= 0.6 is 0 Å². The number of likely N-dealkylation sites (tertiary alicyclic amines) is 2. The van der Waals surface area contributed by atoms with Gasteiger partial charge in [-0.2, -0.15) is 0 Å². The number of carbonyl (C=O) groups excluding carboxylic acids is 3. The highest BCUT2D eigenvalue weighted by Crippen LogP contribution is 2.22. The van der Waals surface area contributed by atoms with Crippen LogP contribution in [0.5, 0.6) is 0 Å². The fourth-order valence-corrected chi connectivity index (χ4v) is 5.11. The molecule has 2 fully saturated rings. The second-order valence-electron chi connectivity index (χ2n) is 10.8. The van der Waals surface area contributed by atoms with Crippen LogP contribution in [0.1, 0.15) is 66.7 Å². The molecule has 2 saturated heterocycles. The monoisotopic (exact) mass is 492 g/mol. The van der Waals surface area contributed by atoms with Crippen LogP contribution < -0.4 is 5.32 Å². The van der Waals surface area contributed by atoms with Crippen molar-refractivity contribution in [1.82, 2.24) is 20.0 Å². The molecule has 0 aromatic heterocycles. The summed E-state index contributed by atoms with van der Waals surface area (Å²) in [6, 6.07) is -2.09. The highest BCUT2D eigenvalue weighted by Gasteiger charge is 2.36. The van der Waals surface area contributed by atoms with Gasteiger partial charge in [-0.25, -0.2) is 4.79 Å². The van der Waals surface area contributed by atoms with E-state index in [9.17, 15) is 24.3 Å². The Morgan fingerprint density at radius 1 is 0.971 bits per heavy atom. The molecule has 0 aromatic rings. The summed E-state index contributed by atoms with van der Waals surface area (Å²) < 4.78 is 0. The van der Waals surface area contributed by atoms with Gasteiger partial charge in [-0.15, -0.1) is 0 Å². The smallest absolute Gasteiger partial charge is 0.326 e. The Bertz CT molecular complexity index is 825. The van der Waals surface area contributed by atoms with Gasteiger partial charge in [-0.1, -0.05) is 40.2 Å². The van der Waals surface area contributed by atoms with E-state index in [0.717, 1.165) is 25.8 Å². The molecule has 0 aromatic carbocycles. The number of nitrogens with one attached hydrogen (secondary N) is 1. The first kappa shape index (κ1) is 28.8. The van der Waals surface area contributed by atoms with Gasteiger partial charge in [0, 0.05) is 19.2 Å². The molecular weight excluding hydrogens is 448 g/mol. The predicted molar refractivity (Wildman–Crippen MR) is 135 cm³/mol. The minimum Gasteiger partial charge on any atom is -0.480 e. The van der Waals surface area contributed by atoms with Gasteiger partial charge >= 0.3 is 5.97 Å². The van der Waals surface area contributed by atoms with E-state index in [2.05, 4.69) is 5.32 Å². The van der Waals surface area contributed by atoms with E-state index >= 15 is 0 Å². The first-order chi connectivity index (χ1) is 16.4. The number of rotatable bonds is 9. The Morgan fingerprint density at radius 2 is 1.60 bits per heavy atom. The first-order valence-electron chi connectivity index (χ1n) is 12.9. The third kappa shape index (κ3) is 7.06. The van der Waals surface area contributed by atoms with Crippen molar-refractivity contribution in [1.29, 1.82) is 0 Å². The maximum atomic E-state index is 13.6. The SMILES string of the molecule is CC(=C[C@H](C(C)C)N(C)C(=O)[C@@H](NC(=O)[C@H]1CCCCN1C)C(C)C)C(=O)N1CCC[C@H]1C(=O)O. The Morgan fingerprint density at radius 3 is 2.14 bits per heavy atom. The molecule has 35 heavy (non-hydrogen) atoms. The summed E-state index contributed by atoms with van der Waals surface area (Å²) in [4.78, 5) is 56.2. The molecule has 2 heterocycles. The van der Waals surface area contributed by atoms with Crippen molar-refractivity contribution in [3.05, 3.63) is 11.6 Å². The molecular formula is C26H44N4O5. The van der Waals surface area contributed by atoms with Crippen molar-refractivity contribution < 1.29 is 24.3 Å². The van der Waals surface area contributed by atoms with E-state index in [4.69, 9.17) is 0 Å². The summed E-state index contributed by atoms with van der Waals surface area (Å²) in [5, 5.41) is 12.4. The summed E-state index contributed by atoms with van der Waals surface area (Å²) in [5.41, 5.74) is 0.422. The van der Waals surface area contributed by atoms with Crippen LogP contribution in [0.15, 0.2) is 11.6 Å². The predicted octanol–water partition coefficient (Wildman–Crippen LogP) is 2.12. The van der Waals surface area contributed by atoms with E-state index in [0.29, 0.717) is 25.0 Å². The molecule has 2 aliphatic rings. The lowest BCUT2D eigenvalue weighted by molar-refractivity contribution is -0.146. The zero-order valence-corrected chi connectivity index (χ0v) is 22.4. The highest BCUT2D eigenvalue weighted by molar-refractivity contribution is 5.96. The Hall–Kier alpha value is -2.42. The van der Waals surface area contributed by atoms with Crippen molar-refractivity contribution >= 4 is 23.7 Å². The minimum atomic E-state index is -0.990. The number of likely N-dealkylation sites (N-methyl/N-ethyl adjacent to an activating group) is 2. The maximum Gasteiger partial charge on any atom is 0.326 e. The molecule has 0 saturated carbocycles. The van der Waals surface area contributed by atoms with Crippen molar-refractivity contribution in [2.24, 2.45) is 11.8 Å². The second-order valence-corrected chi connectivity index (χ2v) is 10.8. The van der Waals surface area contributed by atoms with E-state index in [1.807, 2.05) is 39.6 Å². The average Bonchev–Trinajstić information content (AvgIpc) is 3.29. The molecule has 0 spiro atoms. The third-order valence-corrected chi connectivity index (χ3v) is 7.34.